The first kappa shape index (κ1) is 14.5. The predicted molar refractivity (Wildman–Crippen MR) is 77.5 cm³/mol. The molecule has 5 nitrogen and oxygen atoms in total. The Morgan fingerprint density at radius 1 is 1.10 bits per heavy atom. The molecule has 0 saturated carbocycles. The van der Waals surface area contributed by atoms with E-state index >= 15 is 0 Å². The lowest BCUT2D eigenvalue weighted by Crippen LogP contribution is -2.52. The van der Waals surface area contributed by atoms with Crippen molar-refractivity contribution in [3.8, 4) is 0 Å². The van der Waals surface area contributed by atoms with Crippen molar-refractivity contribution in [1.29, 1.82) is 0 Å². The van der Waals surface area contributed by atoms with Crippen LogP contribution in [0.15, 0.2) is 18.2 Å². The zero-order valence-corrected chi connectivity index (χ0v) is 12.1. The number of aryl methyl sites for hydroxylation is 2. The summed E-state index contributed by atoms with van der Waals surface area (Å²) in [6.45, 7) is 6.26. The Kier molecular flexibility index (Phi) is 4.39. The van der Waals surface area contributed by atoms with Gasteiger partial charge in [-0.1, -0.05) is 17.7 Å². The Labute approximate surface area is 119 Å². The minimum Gasteiger partial charge on any atom is -0.338 e. The average molecular weight is 275 g/mol. The van der Waals surface area contributed by atoms with E-state index in [1.54, 1.807) is 9.80 Å². The van der Waals surface area contributed by atoms with Crippen molar-refractivity contribution < 1.29 is 9.59 Å². The number of carbonyl (C=O) groups excluding carboxylic acids is 2. The fraction of sp³-hybridized carbons (Fsp3) is 0.467. The molecule has 1 aromatic carbocycles. The molecule has 0 bridgehead atoms. The first-order valence-electron chi connectivity index (χ1n) is 6.87. The maximum absolute atomic E-state index is 12.5. The second-order valence-electron chi connectivity index (χ2n) is 5.20. The fourth-order valence-corrected chi connectivity index (χ4v) is 2.51. The highest BCUT2D eigenvalue weighted by atomic mass is 16.2. The molecule has 1 fully saturated rings. The second-order valence-corrected chi connectivity index (χ2v) is 5.20. The zero-order valence-electron chi connectivity index (χ0n) is 12.1. The van der Waals surface area contributed by atoms with Crippen LogP contribution in [0, 0.1) is 13.8 Å². The molecule has 1 heterocycles. The number of benzene rings is 1. The van der Waals surface area contributed by atoms with Crippen molar-refractivity contribution in [2.45, 2.75) is 13.8 Å². The Morgan fingerprint density at radius 2 is 1.70 bits per heavy atom. The van der Waals surface area contributed by atoms with Crippen molar-refractivity contribution in [2.75, 3.05) is 32.7 Å². The molecule has 0 atom stereocenters. The Morgan fingerprint density at radius 3 is 2.25 bits per heavy atom. The van der Waals surface area contributed by atoms with Gasteiger partial charge in [0.05, 0.1) is 6.54 Å². The molecule has 1 aromatic rings. The van der Waals surface area contributed by atoms with E-state index < -0.39 is 0 Å². The van der Waals surface area contributed by atoms with E-state index in [0.29, 0.717) is 26.2 Å². The summed E-state index contributed by atoms with van der Waals surface area (Å²) in [6, 6.07) is 5.85. The average Bonchev–Trinajstić information content (AvgIpc) is 2.46. The summed E-state index contributed by atoms with van der Waals surface area (Å²) in [4.78, 5) is 27.5. The van der Waals surface area contributed by atoms with E-state index in [0.717, 1.165) is 16.7 Å². The van der Waals surface area contributed by atoms with Crippen LogP contribution in [0.25, 0.3) is 0 Å². The van der Waals surface area contributed by atoms with Gasteiger partial charge in [-0.05, 0) is 25.5 Å². The molecule has 2 amide bonds. The number of nitrogens with zero attached hydrogens (tertiary/aromatic N) is 2. The molecule has 1 aliphatic rings. The minimum absolute atomic E-state index is 0.0328. The fourth-order valence-electron chi connectivity index (χ4n) is 2.51. The summed E-state index contributed by atoms with van der Waals surface area (Å²) in [5, 5.41) is 0. The van der Waals surface area contributed by atoms with Crippen LogP contribution in [0.3, 0.4) is 0 Å². The van der Waals surface area contributed by atoms with Crippen LogP contribution < -0.4 is 5.73 Å². The number of hydrogen-bond donors (Lipinski definition) is 1. The topological polar surface area (TPSA) is 66.6 Å². The third kappa shape index (κ3) is 2.99. The number of piperazine rings is 1. The molecule has 1 aliphatic heterocycles. The van der Waals surface area contributed by atoms with Crippen LogP contribution in [0.4, 0.5) is 0 Å². The molecule has 1 saturated heterocycles. The molecule has 0 radical (unpaired) electrons. The van der Waals surface area contributed by atoms with Gasteiger partial charge in [-0.25, -0.2) is 0 Å². The van der Waals surface area contributed by atoms with E-state index in [4.69, 9.17) is 5.73 Å². The van der Waals surface area contributed by atoms with Crippen molar-refractivity contribution in [2.24, 2.45) is 5.73 Å². The highest BCUT2D eigenvalue weighted by Gasteiger charge is 2.24. The number of nitrogens with two attached hydrogens (primary N) is 1. The molecule has 2 rings (SSSR count). The highest BCUT2D eigenvalue weighted by molar-refractivity contribution is 5.96. The predicted octanol–water partition coefficient (Wildman–Crippen LogP) is 0.547. The molecule has 5 heteroatoms. The lowest BCUT2D eigenvalue weighted by Gasteiger charge is -2.34. The van der Waals surface area contributed by atoms with Gasteiger partial charge in [0.15, 0.2) is 0 Å². The number of carbonyl (C=O) groups is 2. The van der Waals surface area contributed by atoms with Crippen LogP contribution in [-0.4, -0.2) is 54.3 Å². The van der Waals surface area contributed by atoms with E-state index in [9.17, 15) is 9.59 Å². The number of hydrogen-bond acceptors (Lipinski definition) is 3. The lowest BCUT2D eigenvalue weighted by molar-refractivity contribution is -0.131. The van der Waals surface area contributed by atoms with Crippen molar-refractivity contribution in [1.82, 2.24) is 9.80 Å². The number of rotatable bonds is 2. The maximum atomic E-state index is 12.5. The summed E-state index contributed by atoms with van der Waals surface area (Å²) in [5.41, 5.74) is 8.24. The van der Waals surface area contributed by atoms with Gasteiger partial charge < -0.3 is 15.5 Å². The molecule has 108 valence electrons. The molecule has 20 heavy (non-hydrogen) atoms. The van der Waals surface area contributed by atoms with Gasteiger partial charge in [0.2, 0.25) is 5.91 Å². The Hall–Kier alpha value is -1.88. The normalized spacial score (nSPS) is 15.3. The molecular weight excluding hydrogens is 254 g/mol. The SMILES string of the molecule is Cc1ccc(C(=O)N2CCN(C(=O)CN)CC2)c(C)c1. The van der Waals surface area contributed by atoms with Crippen LogP contribution in [-0.2, 0) is 4.79 Å². The third-order valence-electron chi connectivity index (χ3n) is 3.71. The van der Waals surface area contributed by atoms with E-state index in [1.165, 1.54) is 0 Å². The van der Waals surface area contributed by atoms with E-state index in [2.05, 4.69) is 0 Å². The first-order chi connectivity index (χ1) is 9.52. The lowest BCUT2D eigenvalue weighted by atomic mass is 10.0. The van der Waals surface area contributed by atoms with Crippen LogP contribution in [0.5, 0.6) is 0 Å². The molecule has 0 spiro atoms. The summed E-state index contributed by atoms with van der Waals surface area (Å²) >= 11 is 0. The van der Waals surface area contributed by atoms with E-state index in [-0.39, 0.29) is 18.4 Å². The molecule has 2 N–H and O–H groups in total. The molecule has 0 aromatic heterocycles. The van der Waals surface area contributed by atoms with Gasteiger partial charge in [-0.2, -0.15) is 0 Å². The monoisotopic (exact) mass is 275 g/mol. The molecule has 0 aliphatic carbocycles. The maximum Gasteiger partial charge on any atom is 0.254 e. The summed E-state index contributed by atoms with van der Waals surface area (Å²) < 4.78 is 0. The molecule has 0 unspecified atom stereocenters. The highest BCUT2D eigenvalue weighted by Crippen LogP contribution is 2.14. The Balaban J connectivity index is 2.03. The van der Waals surface area contributed by atoms with Crippen LogP contribution >= 0.6 is 0 Å². The zero-order chi connectivity index (χ0) is 14.7. The van der Waals surface area contributed by atoms with Crippen LogP contribution in [0.2, 0.25) is 0 Å². The van der Waals surface area contributed by atoms with Crippen molar-refractivity contribution >= 4 is 11.8 Å². The first-order valence-corrected chi connectivity index (χ1v) is 6.87. The Bertz CT molecular complexity index is 520. The standard InChI is InChI=1S/C15H21N3O2/c1-11-3-4-13(12(2)9-11)15(20)18-7-5-17(6-8-18)14(19)10-16/h3-4,9H,5-8,10,16H2,1-2H3. The smallest absolute Gasteiger partial charge is 0.254 e. The van der Waals surface area contributed by atoms with Gasteiger partial charge in [0.1, 0.15) is 0 Å². The minimum atomic E-state index is -0.0522. The van der Waals surface area contributed by atoms with Crippen LogP contribution in [0.1, 0.15) is 21.5 Å². The van der Waals surface area contributed by atoms with Crippen molar-refractivity contribution in [3.05, 3.63) is 34.9 Å². The third-order valence-corrected chi connectivity index (χ3v) is 3.71. The van der Waals surface area contributed by atoms with Gasteiger partial charge in [0, 0.05) is 31.7 Å². The quantitative estimate of drug-likeness (QED) is 0.857. The van der Waals surface area contributed by atoms with Gasteiger partial charge in [0.25, 0.3) is 5.91 Å². The largest absolute Gasteiger partial charge is 0.338 e. The summed E-state index contributed by atoms with van der Waals surface area (Å²) in [6.07, 6.45) is 0. The van der Waals surface area contributed by atoms with Gasteiger partial charge in [-0.3, -0.25) is 9.59 Å². The summed E-state index contributed by atoms with van der Waals surface area (Å²) in [5.74, 6) is -0.00837. The number of amides is 2. The van der Waals surface area contributed by atoms with E-state index in [1.807, 2.05) is 32.0 Å². The van der Waals surface area contributed by atoms with Gasteiger partial charge >= 0.3 is 0 Å². The second kappa shape index (κ2) is 6.05. The molecular formula is C15H21N3O2. The van der Waals surface area contributed by atoms with Crippen molar-refractivity contribution in [3.63, 3.8) is 0 Å². The summed E-state index contributed by atoms with van der Waals surface area (Å²) in [7, 11) is 0. The van der Waals surface area contributed by atoms with Gasteiger partial charge in [-0.15, -0.1) is 0 Å².